The maximum Gasteiger partial charge on any atom is 0.416 e. The van der Waals surface area contributed by atoms with Crippen LogP contribution in [-0.2, 0) is 6.18 Å². The van der Waals surface area contributed by atoms with Gasteiger partial charge in [-0.2, -0.15) is 17.6 Å². The van der Waals surface area contributed by atoms with Crippen molar-refractivity contribution in [3.05, 3.63) is 89.6 Å². The van der Waals surface area contributed by atoms with E-state index in [0.717, 1.165) is 37.0 Å². The van der Waals surface area contributed by atoms with Crippen LogP contribution in [0.5, 0.6) is 5.75 Å². The minimum absolute atomic E-state index is 0.0342. The molecule has 1 amide bonds. The Morgan fingerprint density at radius 1 is 0.957 bits per heavy atom. The molecule has 1 saturated heterocycles. The topological polar surface area (TPSA) is 106 Å². The van der Waals surface area contributed by atoms with Gasteiger partial charge in [0.2, 0.25) is 11.9 Å². The van der Waals surface area contributed by atoms with Gasteiger partial charge in [0.25, 0.3) is 5.91 Å². The molecule has 0 unspecified atom stereocenters. The van der Waals surface area contributed by atoms with Crippen LogP contribution in [-0.4, -0.2) is 41.1 Å². The van der Waals surface area contributed by atoms with Crippen molar-refractivity contribution in [3.63, 3.8) is 0 Å². The van der Waals surface area contributed by atoms with Crippen LogP contribution in [0, 0.1) is 12.9 Å². The maximum atomic E-state index is 13.8. The highest BCUT2D eigenvalue weighted by atomic mass is 19.4. The normalized spacial score (nSPS) is 13.6. The molecule has 5 aromatic rings. The predicted octanol–water partition coefficient (Wildman–Crippen LogP) is 7.66. The maximum absolute atomic E-state index is 13.8. The average Bonchev–Trinajstić information content (AvgIpc) is 3.04. The number of hydrogen-bond acceptors (Lipinski definition) is 7. The van der Waals surface area contributed by atoms with Gasteiger partial charge < -0.3 is 20.7 Å². The molecule has 12 heteroatoms. The van der Waals surface area contributed by atoms with Crippen LogP contribution in [0.15, 0.2) is 67.0 Å². The van der Waals surface area contributed by atoms with Crippen LogP contribution in [0.1, 0.15) is 40.7 Å². The summed E-state index contributed by atoms with van der Waals surface area (Å²) >= 11 is 0. The molecule has 1 aliphatic heterocycles. The smallest absolute Gasteiger partial charge is 0.416 e. The van der Waals surface area contributed by atoms with Crippen LogP contribution in [0.2, 0.25) is 0 Å². The highest BCUT2D eigenvalue weighted by Gasteiger charge is 2.32. The van der Waals surface area contributed by atoms with Crippen molar-refractivity contribution in [2.45, 2.75) is 32.4 Å². The first-order valence-corrected chi connectivity index (χ1v) is 14.7. The first-order chi connectivity index (χ1) is 22.0. The molecule has 0 aliphatic carbocycles. The standard InChI is InChI=1S/C34H30F4N6O2/c1-19-6-7-20(32(45)42-26-16-23(34(36,37)38)9-10-27(26)44-12-4-3-5-13-44)14-24(19)25-15-22-18-41-33(39)43-30(22)29(31(25)46-2)21-8-11-28(35)40-17-21/h6-11,14-18H,3-5,12-13H2,1-2H3,(H,42,45)(H2,39,41,43). The third kappa shape index (κ3) is 6.02. The van der Waals surface area contributed by atoms with Crippen molar-refractivity contribution in [2.24, 2.45) is 0 Å². The largest absolute Gasteiger partial charge is 0.495 e. The third-order valence-electron chi connectivity index (χ3n) is 8.12. The minimum atomic E-state index is -4.57. The molecular weight excluding hydrogens is 600 g/mol. The molecule has 3 aromatic carbocycles. The molecule has 236 valence electrons. The van der Waals surface area contributed by atoms with Gasteiger partial charge in [-0.1, -0.05) is 6.07 Å². The summed E-state index contributed by atoms with van der Waals surface area (Å²) in [5, 5.41) is 3.36. The van der Waals surface area contributed by atoms with Crippen molar-refractivity contribution in [2.75, 3.05) is 36.1 Å². The van der Waals surface area contributed by atoms with Gasteiger partial charge in [-0.25, -0.2) is 15.0 Å². The monoisotopic (exact) mass is 630 g/mol. The summed E-state index contributed by atoms with van der Waals surface area (Å²) in [6, 6.07) is 13.1. The van der Waals surface area contributed by atoms with Gasteiger partial charge in [-0.15, -0.1) is 0 Å². The summed E-state index contributed by atoms with van der Waals surface area (Å²) in [5.41, 5.74) is 9.41. The number of methoxy groups -OCH3 is 1. The van der Waals surface area contributed by atoms with E-state index in [1.54, 1.807) is 36.5 Å². The van der Waals surface area contributed by atoms with E-state index in [0.29, 0.717) is 57.7 Å². The van der Waals surface area contributed by atoms with Gasteiger partial charge in [-0.05, 0) is 85.8 Å². The van der Waals surface area contributed by atoms with Crippen LogP contribution in [0.3, 0.4) is 0 Å². The number of nitrogen functional groups attached to an aromatic ring is 1. The number of fused-ring (bicyclic) bond motifs is 1. The summed E-state index contributed by atoms with van der Waals surface area (Å²) in [5.74, 6) is -0.814. The van der Waals surface area contributed by atoms with Crippen molar-refractivity contribution < 1.29 is 27.1 Å². The Morgan fingerprint density at radius 2 is 1.74 bits per heavy atom. The minimum Gasteiger partial charge on any atom is -0.495 e. The van der Waals surface area contributed by atoms with Crippen molar-refractivity contribution in [3.8, 4) is 28.0 Å². The summed E-state index contributed by atoms with van der Waals surface area (Å²) in [6.45, 7) is 3.23. The fourth-order valence-corrected chi connectivity index (χ4v) is 5.85. The number of nitrogens with zero attached hydrogens (tertiary/aromatic N) is 4. The number of aryl methyl sites for hydroxylation is 1. The highest BCUT2D eigenvalue weighted by Crippen LogP contribution is 2.45. The van der Waals surface area contributed by atoms with E-state index < -0.39 is 23.6 Å². The van der Waals surface area contributed by atoms with Crippen molar-refractivity contribution >= 4 is 34.1 Å². The Balaban J connectivity index is 1.45. The van der Waals surface area contributed by atoms with E-state index in [1.165, 1.54) is 25.4 Å². The van der Waals surface area contributed by atoms with E-state index in [9.17, 15) is 22.4 Å². The van der Waals surface area contributed by atoms with Gasteiger partial charge in [0.05, 0.1) is 35.1 Å². The zero-order valence-corrected chi connectivity index (χ0v) is 25.1. The zero-order chi connectivity index (χ0) is 32.6. The number of nitrogens with one attached hydrogen (secondary N) is 1. The predicted molar refractivity (Wildman–Crippen MR) is 169 cm³/mol. The highest BCUT2D eigenvalue weighted by molar-refractivity contribution is 6.08. The van der Waals surface area contributed by atoms with Gasteiger partial charge in [0.1, 0.15) is 5.75 Å². The number of carbonyl (C=O) groups excluding carboxylic acids is 1. The molecule has 1 fully saturated rings. The Kier molecular flexibility index (Phi) is 8.20. The molecule has 0 atom stereocenters. The lowest BCUT2D eigenvalue weighted by molar-refractivity contribution is -0.137. The number of aromatic nitrogens is 3. The Labute approximate surface area is 262 Å². The molecule has 0 saturated carbocycles. The second-order valence-corrected chi connectivity index (χ2v) is 11.1. The quantitative estimate of drug-likeness (QED) is 0.147. The first-order valence-electron chi connectivity index (χ1n) is 14.7. The lowest BCUT2D eigenvalue weighted by atomic mass is 9.91. The molecule has 0 spiro atoms. The fourth-order valence-electron chi connectivity index (χ4n) is 5.85. The summed E-state index contributed by atoms with van der Waals surface area (Å²) < 4.78 is 60.7. The molecule has 3 N–H and O–H groups in total. The van der Waals surface area contributed by atoms with E-state index in [2.05, 4.69) is 20.3 Å². The number of nitrogens with two attached hydrogens (primary N) is 1. The van der Waals surface area contributed by atoms with Crippen LogP contribution in [0.4, 0.5) is 34.9 Å². The summed E-state index contributed by atoms with van der Waals surface area (Å²) in [4.78, 5) is 28.1. The number of piperidine rings is 1. The Hall–Kier alpha value is -5.26. The van der Waals surface area contributed by atoms with Crippen molar-refractivity contribution in [1.29, 1.82) is 0 Å². The second kappa shape index (κ2) is 12.3. The summed E-state index contributed by atoms with van der Waals surface area (Å²) in [6.07, 6.45) is 1.22. The van der Waals surface area contributed by atoms with Gasteiger partial charge in [-0.3, -0.25) is 4.79 Å². The summed E-state index contributed by atoms with van der Waals surface area (Å²) in [7, 11) is 1.48. The number of pyridine rings is 1. The molecule has 6 rings (SSSR count). The molecule has 0 radical (unpaired) electrons. The second-order valence-electron chi connectivity index (χ2n) is 11.1. The molecule has 2 aromatic heterocycles. The van der Waals surface area contributed by atoms with Gasteiger partial charge >= 0.3 is 6.18 Å². The number of alkyl halides is 3. The third-order valence-corrected chi connectivity index (χ3v) is 8.12. The van der Waals surface area contributed by atoms with Crippen LogP contribution in [0.25, 0.3) is 33.2 Å². The lowest BCUT2D eigenvalue weighted by Gasteiger charge is -2.31. The number of anilines is 3. The molecule has 8 nitrogen and oxygen atoms in total. The fraction of sp³-hybridized carbons (Fsp3) is 0.235. The number of amides is 1. The zero-order valence-electron chi connectivity index (χ0n) is 25.1. The van der Waals surface area contributed by atoms with E-state index in [4.69, 9.17) is 10.5 Å². The van der Waals surface area contributed by atoms with E-state index in [1.807, 2.05) is 11.8 Å². The molecule has 0 bridgehead atoms. The van der Waals surface area contributed by atoms with E-state index in [-0.39, 0.29) is 17.2 Å². The van der Waals surface area contributed by atoms with Crippen LogP contribution < -0.4 is 20.7 Å². The van der Waals surface area contributed by atoms with E-state index >= 15 is 0 Å². The van der Waals surface area contributed by atoms with Crippen LogP contribution >= 0.6 is 0 Å². The van der Waals surface area contributed by atoms with Gasteiger partial charge in [0.15, 0.2) is 0 Å². The Morgan fingerprint density at radius 3 is 2.43 bits per heavy atom. The molecule has 3 heterocycles. The Bertz CT molecular complexity index is 1940. The number of halogens is 4. The van der Waals surface area contributed by atoms with Gasteiger partial charge in [0, 0.05) is 47.6 Å². The first kappa shape index (κ1) is 30.8. The molecular formula is C34H30F4N6O2. The lowest BCUT2D eigenvalue weighted by Crippen LogP contribution is -2.30. The molecule has 1 aliphatic rings. The van der Waals surface area contributed by atoms with Crippen molar-refractivity contribution in [1.82, 2.24) is 15.0 Å². The number of ether oxygens (including phenoxy) is 1. The molecule has 46 heavy (non-hydrogen) atoms. The SMILES string of the molecule is COc1c(-c2cc(C(=O)Nc3cc(C(F)(F)F)ccc3N3CCCCC3)ccc2C)cc2cnc(N)nc2c1-c1ccc(F)nc1. The number of hydrogen-bond donors (Lipinski definition) is 2. The number of carbonyl (C=O) groups is 1. The number of benzene rings is 3. The number of rotatable bonds is 6. The average molecular weight is 631 g/mol.